The van der Waals surface area contributed by atoms with E-state index in [1.165, 1.54) is 0 Å². The highest BCUT2D eigenvalue weighted by molar-refractivity contribution is 5.84. The third kappa shape index (κ3) is 7.19. The van der Waals surface area contributed by atoms with Crippen molar-refractivity contribution in [2.24, 2.45) is 5.92 Å². The number of hydrogen-bond acceptors (Lipinski definition) is 11. The van der Waals surface area contributed by atoms with Crippen LogP contribution in [0.4, 0.5) is 34.1 Å². The van der Waals surface area contributed by atoms with Crippen LogP contribution in [0, 0.1) is 5.92 Å². The van der Waals surface area contributed by atoms with Crippen LogP contribution in [-0.2, 0) is 14.2 Å². The van der Waals surface area contributed by atoms with Gasteiger partial charge in [-0.05, 0) is 30.2 Å². The highest BCUT2D eigenvalue weighted by Crippen LogP contribution is 2.37. The van der Waals surface area contributed by atoms with Gasteiger partial charge in [-0.25, -0.2) is 14.6 Å². The molecule has 2 unspecified atom stereocenters. The van der Waals surface area contributed by atoms with E-state index in [1.54, 1.807) is 41.6 Å². The summed E-state index contributed by atoms with van der Waals surface area (Å²) in [6.45, 7) is 4.20. The summed E-state index contributed by atoms with van der Waals surface area (Å²) in [7, 11) is 0. The molecular formula is C27H36F3N7O6. The van der Waals surface area contributed by atoms with Crippen molar-refractivity contribution < 1.29 is 42.1 Å². The van der Waals surface area contributed by atoms with Gasteiger partial charge >= 0.3 is 18.4 Å². The summed E-state index contributed by atoms with van der Waals surface area (Å²) in [6, 6.07) is 6.25. The number of benzene rings is 1. The van der Waals surface area contributed by atoms with E-state index in [4.69, 9.17) is 19.3 Å². The number of carbonyl (C=O) groups is 2. The first-order chi connectivity index (χ1) is 20.5. The lowest BCUT2D eigenvalue weighted by atomic mass is 10.1. The molecule has 2 bridgehead atoms. The van der Waals surface area contributed by atoms with Crippen LogP contribution in [0.2, 0.25) is 0 Å². The molecule has 2 amide bonds. The second-order valence-electron chi connectivity index (χ2n) is 11.0. The molecule has 0 aliphatic carbocycles. The van der Waals surface area contributed by atoms with Crippen LogP contribution in [0.15, 0.2) is 48.1 Å². The van der Waals surface area contributed by atoms with Crippen molar-refractivity contribution in [3.05, 3.63) is 48.1 Å². The van der Waals surface area contributed by atoms with Crippen molar-refractivity contribution in [1.29, 1.82) is 0 Å². The molecule has 1 aromatic carbocycles. The number of aliphatic hydroxyl groups is 1. The standard InChI is InChI=1S/C27H36F3N7O6/c1-18(2)13-43-26(40)33-10-21-14-41-15-22(11-33)37(21)36-17-34(12-24-23(36)9-31-35(24)16-27(28,29)30)20-5-3-19(4-6-20)32-25(39)42-8-7-38/h3-6,9,12,18,21-22,31,38H,7-8,10-11,13-17H2,1-2H3,(H,32,39). The maximum Gasteiger partial charge on any atom is 0.411 e. The molecule has 0 saturated carbocycles. The lowest BCUT2D eigenvalue weighted by molar-refractivity contribution is -0.178. The molecule has 3 N–H and O–H groups in total. The normalized spacial score (nSPS) is 22.1. The van der Waals surface area contributed by atoms with Crippen LogP contribution < -0.4 is 15.6 Å². The van der Waals surface area contributed by atoms with Crippen molar-refractivity contribution in [2.45, 2.75) is 32.1 Å². The Hall–Kier alpha value is -3.89. The Bertz CT molecular complexity index is 1210. The van der Waals surface area contributed by atoms with Gasteiger partial charge in [0.2, 0.25) is 0 Å². The smallest absolute Gasteiger partial charge is 0.411 e. The van der Waals surface area contributed by atoms with Crippen LogP contribution in [0.1, 0.15) is 13.8 Å². The Morgan fingerprint density at radius 2 is 1.81 bits per heavy atom. The first-order valence-corrected chi connectivity index (χ1v) is 14.0. The van der Waals surface area contributed by atoms with Crippen molar-refractivity contribution in [3.8, 4) is 0 Å². The van der Waals surface area contributed by atoms with Crippen molar-refractivity contribution in [1.82, 2.24) is 25.4 Å². The van der Waals surface area contributed by atoms with Gasteiger partial charge in [0.25, 0.3) is 0 Å². The van der Waals surface area contributed by atoms with Gasteiger partial charge in [0.1, 0.15) is 25.5 Å². The number of anilines is 2. The molecule has 1 aromatic rings. The summed E-state index contributed by atoms with van der Waals surface area (Å²) in [6.07, 6.45) is -2.35. The number of alkyl halides is 3. The molecule has 0 radical (unpaired) electrons. The van der Waals surface area contributed by atoms with Gasteiger partial charge in [0, 0.05) is 36.9 Å². The maximum atomic E-state index is 13.5. The third-order valence-corrected chi connectivity index (χ3v) is 7.17. The summed E-state index contributed by atoms with van der Waals surface area (Å²) >= 11 is 0. The molecule has 4 heterocycles. The van der Waals surface area contributed by atoms with Crippen molar-refractivity contribution in [2.75, 3.05) is 69.6 Å². The molecule has 0 spiro atoms. The van der Waals surface area contributed by atoms with E-state index in [0.29, 0.717) is 55.7 Å². The fourth-order valence-electron chi connectivity index (χ4n) is 5.38. The van der Waals surface area contributed by atoms with Gasteiger partial charge < -0.3 is 34.5 Å². The number of nitrogens with one attached hydrogen (secondary N) is 2. The number of piperazine rings is 1. The van der Waals surface area contributed by atoms with E-state index in [-0.39, 0.29) is 37.9 Å². The molecule has 4 aliphatic rings. The molecule has 2 fully saturated rings. The molecule has 5 rings (SSSR count). The van der Waals surface area contributed by atoms with E-state index in [1.807, 2.05) is 23.8 Å². The van der Waals surface area contributed by atoms with Gasteiger partial charge in [0.05, 0.1) is 44.2 Å². The summed E-state index contributed by atoms with van der Waals surface area (Å²) < 4.78 is 56.6. The first kappa shape index (κ1) is 30.6. The second kappa shape index (κ2) is 12.8. The van der Waals surface area contributed by atoms with Crippen molar-refractivity contribution in [3.63, 3.8) is 0 Å². The minimum absolute atomic E-state index is 0.139. The van der Waals surface area contributed by atoms with E-state index < -0.39 is 24.9 Å². The number of hydrogen-bond donors (Lipinski definition) is 3. The van der Waals surface area contributed by atoms with E-state index in [2.05, 4.69) is 15.8 Å². The van der Waals surface area contributed by atoms with Crippen LogP contribution >= 0.6 is 0 Å². The number of carbonyl (C=O) groups excluding carboxylic acids is 2. The number of rotatable bonds is 8. The molecule has 16 heteroatoms. The third-order valence-electron chi connectivity index (χ3n) is 7.17. The number of hydrazine groups is 2. The highest BCUT2D eigenvalue weighted by Gasteiger charge is 2.47. The summed E-state index contributed by atoms with van der Waals surface area (Å²) in [5.41, 5.74) is 4.77. The minimum atomic E-state index is -4.45. The van der Waals surface area contributed by atoms with Crippen LogP contribution in [0.25, 0.3) is 0 Å². The summed E-state index contributed by atoms with van der Waals surface area (Å²) in [5, 5.41) is 16.5. The largest absolute Gasteiger partial charge is 0.449 e. The quantitative estimate of drug-likeness (QED) is 0.402. The van der Waals surface area contributed by atoms with Gasteiger partial charge in [-0.1, -0.05) is 13.8 Å². The Morgan fingerprint density at radius 3 is 2.44 bits per heavy atom. The monoisotopic (exact) mass is 611 g/mol. The number of nitrogens with zero attached hydrogens (tertiary/aromatic N) is 5. The maximum absolute atomic E-state index is 13.5. The first-order valence-electron chi connectivity index (χ1n) is 14.0. The average molecular weight is 612 g/mol. The zero-order valence-electron chi connectivity index (χ0n) is 23.9. The van der Waals surface area contributed by atoms with Gasteiger partial charge in [-0.3, -0.25) is 15.3 Å². The second-order valence-corrected chi connectivity index (χ2v) is 11.0. The van der Waals surface area contributed by atoms with E-state index in [9.17, 15) is 22.8 Å². The fourth-order valence-corrected chi connectivity index (χ4v) is 5.38. The lowest BCUT2D eigenvalue weighted by Crippen LogP contribution is -2.70. The molecule has 236 valence electrons. The van der Waals surface area contributed by atoms with Gasteiger partial charge in [-0.2, -0.15) is 13.2 Å². The molecule has 43 heavy (non-hydrogen) atoms. The van der Waals surface area contributed by atoms with Crippen molar-refractivity contribution >= 4 is 23.6 Å². The Kier molecular flexibility index (Phi) is 9.08. The number of aliphatic hydroxyl groups excluding tert-OH is 1. The fraction of sp³-hybridized carbons (Fsp3) is 0.556. The zero-order valence-corrected chi connectivity index (χ0v) is 23.9. The molecular weight excluding hydrogens is 575 g/mol. The summed E-state index contributed by atoms with van der Waals surface area (Å²) in [4.78, 5) is 28.1. The van der Waals surface area contributed by atoms with Crippen LogP contribution in [0.3, 0.4) is 0 Å². The number of ether oxygens (including phenoxy) is 3. The Labute approximate surface area is 246 Å². The number of amides is 2. The molecule has 13 nitrogen and oxygen atoms in total. The van der Waals surface area contributed by atoms with Crippen LogP contribution in [-0.4, -0.2) is 115 Å². The van der Waals surface area contributed by atoms with Gasteiger partial charge in [0.15, 0.2) is 0 Å². The number of fused-ring (bicyclic) bond motifs is 3. The van der Waals surface area contributed by atoms with E-state index in [0.717, 1.165) is 5.01 Å². The molecule has 4 aliphatic heterocycles. The highest BCUT2D eigenvalue weighted by atomic mass is 19.4. The summed E-state index contributed by atoms with van der Waals surface area (Å²) in [5.74, 6) is 0.198. The molecule has 0 aromatic heterocycles. The molecule has 2 atom stereocenters. The Balaban J connectivity index is 1.38. The van der Waals surface area contributed by atoms with Gasteiger partial charge in [-0.15, -0.1) is 0 Å². The predicted molar refractivity (Wildman–Crippen MR) is 148 cm³/mol. The predicted octanol–water partition coefficient (Wildman–Crippen LogP) is 2.46. The van der Waals surface area contributed by atoms with E-state index >= 15 is 0 Å². The topological polar surface area (TPSA) is 122 Å². The van der Waals surface area contributed by atoms with Crippen LogP contribution in [0.5, 0.6) is 0 Å². The molecule has 2 saturated heterocycles. The minimum Gasteiger partial charge on any atom is -0.449 e. The zero-order chi connectivity index (χ0) is 30.7. The average Bonchev–Trinajstić information content (AvgIpc) is 3.35. The number of morpholine rings is 1. The lowest BCUT2D eigenvalue weighted by Gasteiger charge is -2.55. The Morgan fingerprint density at radius 1 is 1.12 bits per heavy atom. The number of halogens is 3. The SMILES string of the molecule is CC(C)COC(=O)N1CC2COCC(C1)N2N1CN(c2ccc(NC(=O)OCCO)cc2)C=C2C1=CNN2CC(F)(F)F.